The molecule has 15 nitrogen and oxygen atoms in total. The van der Waals surface area contributed by atoms with E-state index in [2.05, 4.69) is 30.9 Å². The summed E-state index contributed by atoms with van der Waals surface area (Å²) in [6, 6.07) is 0. The van der Waals surface area contributed by atoms with E-state index in [1.54, 1.807) is 0 Å². The minimum atomic E-state index is -1.41. The second-order valence-corrected chi connectivity index (χ2v) is 8.14. The number of aliphatic hydroxyl groups is 2. The highest BCUT2D eigenvalue weighted by molar-refractivity contribution is 6.27. The first kappa shape index (κ1) is 24.6. The molecule has 1 aromatic carbocycles. The van der Waals surface area contributed by atoms with Crippen LogP contribution in [0.3, 0.4) is 0 Å². The van der Waals surface area contributed by atoms with Gasteiger partial charge in [-0.25, -0.2) is 4.98 Å². The lowest BCUT2D eigenvalue weighted by Crippen LogP contribution is -2.41. The van der Waals surface area contributed by atoms with Crippen LogP contribution in [0, 0.1) is 0 Å². The Bertz CT molecular complexity index is 1360. The molecule has 8 N–H and O–H groups in total. The van der Waals surface area contributed by atoms with Crippen molar-refractivity contribution < 1.29 is 19.7 Å². The number of ether oxygens (including phenoxy) is 1. The Labute approximate surface area is 201 Å². The van der Waals surface area contributed by atoms with Gasteiger partial charge in [-0.1, -0.05) is 0 Å². The summed E-state index contributed by atoms with van der Waals surface area (Å²) < 4.78 is 7.04. The lowest BCUT2D eigenvalue weighted by molar-refractivity contribution is -0.118. The number of imidazole rings is 1. The number of alkyl halides is 1. The molecule has 0 aliphatic carbocycles. The Kier molecular flexibility index (Phi) is 7.02. The van der Waals surface area contributed by atoms with Gasteiger partial charge in [0.1, 0.15) is 35.6 Å². The van der Waals surface area contributed by atoms with Gasteiger partial charge in [-0.3, -0.25) is 28.7 Å². The monoisotopic (exact) mass is 510 g/mol. The first-order chi connectivity index (χ1) is 16.7. The molecule has 1 fully saturated rings. The normalized spacial score (nSPS) is 22.0. The van der Waals surface area contributed by atoms with Crippen molar-refractivity contribution in [1.29, 1.82) is 0 Å². The molecule has 35 heavy (non-hydrogen) atoms. The van der Waals surface area contributed by atoms with Crippen molar-refractivity contribution in [3.63, 3.8) is 0 Å². The van der Waals surface area contributed by atoms with E-state index in [4.69, 9.17) is 22.1 Å². The highest BCUT2D eigenvalue weighted by atomic mass is 35.5. The Morgan fingerprint density at radius 3 is 2.60 bits per heavy atom. The van der Waals surface area contributed by atoms with Gasteiger partial charge in [-0.2, -0.15) is 4.98 Å². The fourth-order valence-electron chi connectivity index (χ4n) is 3.77. The zero-order valence-corrected chi connectivity index (χ0v) is 18.9. The number of rotatable bonds is 10. The number of halogens is 1. The summed E-state index contributed by atoms with van der Waals surface area (Å²) in [6.07, 6.45) is -3.16. The van der Waals surface area contributed by atoms with E-state index in [1.807, 2.05) is 0 Å². The van der Waals surface area contributed by atoms with Crippen LogP contribution < -0.4 is 38.1 Å². The van der Waals surface area contributed by atoms with Crippen LogP contribution in [-0.2, 0) is 9.53 Å². The van der Waals surface area contributed by atoms with E-state index >= 15 is 0 Å². The van der Waals surface area contributed by atoms with Crippen LogP contribution in [0.25, 0.3) is 11.2 Å². The largest absolute Gasteiger partial charge is 0.387 e. The van der Waals surface area contributed by atoms with Gasteiger partial charge < -0.3 is 36.6 Å². The lowest BCUT2D eigenvalue weighted by Gasteiger charge is -2.19. The van der Waals surface area contributed by atoms with Crippen molar-refractivity contribution in [2.24, 2.45) is 0 Å². The maximum Gasteiger partial charge on any atom is 0.280 e. The number of H-pyrrole nitrogens is 1. The first-order valence-corrected chi connectivity index (χ1v) is 11.1. The summed E-state index contributed by atoms with van der Waals surface area (Å²) in [4.78, 5) is 57.3. The molecule has 2 aromatic heterocycles. The standard InChI is InChI=1S/C19H23ClN8O7/c20-4-8(29)22-2-1-3-23-9-10(14(32)13(9)31)24-5-7-12(30)15(33)18(35-7)28-6-25-11-16(28)26-19(21)27-17(11)34/h6-7,12,15,18,23-24,30,33H,1-5H2,(H,22,29)(H3,21,26,27,34)/t7-,12-,15-,18+/m1/s1. The molecule has 0 radical (unpaired) electrons. The Hall–Kier alpha value is -3.53. The Morgan fingerprint density at radius 1 is 1.17 bits per heavy atom. The molecule has 0 spiro atoms. The molecule has 4 rings (SSSR count). The second kappa shape index (κ2) is 9.99. The summed E-state index contributed by atoms with van der Waals surface area (Å²) in [5.41, 5.74) is 3.75. The van der Waals surface area contributed by atoms with Gasteiger partial charge in [0.05, 0.1) is 6.33 Å². The average molecular weight is 511 g/mol. The third-order valence-corrected chi connectivity index (χ3v) is 5.79. The number of hydrogen-bond acceptors (Lipinski definition) is 12. The van der Waals surface area contributed by atoms with Crippen LogP contribution in [0.1, 0.15) is 12.6 Å². The van der Waals surface area contributed by atoms with Crippen molar-refractivity contribution in [2.45, 2.75) is 31.0 Å². The van der Waals surface area contributed by atoms with Gasteiger partial charge in [0.15, 0.2) is 17.4 Å². The number of anilines is 3. The van der Waals surface area contributed by atoms with Gasteiger partial charge in [0, 0.05) is 19.6 Å². The lowest BCUT2D eigenvalue weighted by atomic mass is 10.1. The number of aromatic amines is 1. The summed E-state index contributed by atoms with van der Waals surface area (Å²) in [6.45, 7) is 0.546. The molecule has 3 heterocycles. The van der Waals surface area contributed by atoms with Gasteiger partial charge in [0.2, 0.25) is 11.9 Å². The van der Waals surface area contributed by atoms with Crippen molar-refractivity contribution in [2.75, 3.05) is 41.9 Å². The molecular weight excluding hydrogens is 488 g/mol. The minimum absolute atomic E-state index is 0.0206. The Morgan fingerprint density at radius 2 is 1.89 bits per heavy atom. The van der Waals surface area contributed by atoms with Crippen molar-refractivity contribution in [1.82, 2.24) is 24.8 Å². The maximum absolute atomic E-state index is 12.0. The molecule has 0 saturated carbocycles. The number of aliphatic hydroxyl groups excluding tert-OH is 2. The second-order valence-electron chi connectivity index (χ2n) is 7.87. The van der Waals surface area contributed by atoms with Crippen molar-refractivity contribution in [3.05, 3.63) is 37.1 Å². The number of nitrogens with two attached hydrogens (primary N) is 1. The maximum atomic E-state index is 12.0. The zero-order chi connectivity index (χ0) is 25.3. The first-order valence-electron chi connectivity index (χ1n) is 10.6. The number of nitrogen functional groups attached to an aromatic ring is 1. The fraction of sp³-hybridized carbons (Fsp3) is 0.474. The van der Waals surface area contributed by atoms with Crippen molar-refractivity contribution in [3.8, 4) is 0 Å². The zero-order valence-electron chi connectivity index (χ0n) is 18.2. The number of carbonyl (C=O) groups excluding carboxylic acids is 1. The van der Waals surface area contributed by atoms with E-state index in [0.717, 1.165) is 0 Å². The van der Waals surface area contributed by atoms with Crippen LogP contribution in [-0.4, -0.2) is 79.5 Å². The van der Waals surface area contributed by atoms with Gasteiger partial charge >= 0.3 is 0 Å². The number of amides is 1. The van der Waals surface area contributed by atoms with Gasteiger partial charge in [-0.15, -0.1) is 11.6 Å². The molecule has 1 aliphatic heterocycles. The number of nitrogens with one attached hydrogen (secondary N) is 4. The Balaban J connectivity index is 1.39. The fourth-order valence-corrected chi connectivity index (χ4v) is 3.86. The van der Waals surface area contributed by atoms with E-state index in [-0.39, 0.29) is 46.8 Å². The number of hydrogen-bond donors (Lipinski definition) is 7. The van der Waals surface area contributed by atoms with E-state index in [0.29, 0.717) is 19.5 Å². The van der Waals surface area contributed by atoms with Crippen LogP contribution in [0.15, 0.2) is 20.7 Å². The smallest absolute Gasteiger partial charge is 0.280 e. The van der Waals surface area contributed by atoms with E-state index < -0.39 is 41.0 Å². The quantitative estimate of drug-likeness (QED) is 0.0832. The molecule has 1 saturated heterocycles. The topological polar surface area (TPSA) is 227 Å². The number of carbonyl (C=O) groups is 1. The summed E-state index contributed by atoms with van der Waals surface area (Å²) in [5.74, 6) is -0.616. The molecule has 4 atom stereocenters. The minimum Gasteiger partial charge on any atom is -0.387 e. The SMILES string of the molecule is Nc1nc2c(ncn2[C@H]2O[C@H](CNc3c(NCCCNC(=O)CCl)c(=O)c3=O)[C@@H](O)[C@H]2O)c(=O)[nH]1. The number of aromatic nitrogens is 4. The van der Waals surface area contributed by atoms with E-state index in [1.165, 1.54) is 10.9 Å². The van der Waals surface area contributed by atoms with Crippen LogP contribution in [0.2, 0.25) is 0 Å². The third kappa shape index (κ3) is 4.70. The average Bonchev–Trinajstić information content (AvgIpc) is 3.38. The molecule has 16 heteroatoms. The van der Waals surface area contributed by atoms with Crippen LogP contribution >= 0.6 is 11.6 Å². The highest BCUT2D eigenvalue weighted by Crippen LogP contribution is 2.31. The van der Waals surface area contributed by atoms with Gasteiger partial charge in [-0.05, 0) is 6.42 Å². The number of nitrogens with zero attached hydrogens (tertiary/aromatic N) is 3. The summed E-state index contributed by atoms with van der Waals surface area (Å²) in [7, 11) is 0. The third-order valence-electron chi connectivity index (χ3n) is 5.55. The van der Waals surface area contributed by atoms with E-state index in [9.17, 15) is 29.4 Å². The molecule has 1 aliphatic rings. The molecule has 0 bridgehead atoms. The number of fused-ring (bicyclic) bond motifs is 1. The highest BCUT2D eigenvalue weighted by Gasteiger charge is 2.44. The summed E-state index contributed by atoms with van der Waals surface area (Å²) in [5, 5.41) is 29.2. The predicted molar refractivity (Wildman–Crippen MR) is 125 cm³/mol. The molecule has 0 unspecified atom stereocenters. The molecule has 3 aromatic rings. The predicted octanol–water partition coefficient (Wildman–Crippen LogP) is -2.81. The molecule has 188 valence electrons. The van der Waals surface area contributed by atoms with Gasteiger partial charge in [0.25, 0.3) is 16.4 Å². The summed E-state index contributed by atoms with van der Waals surface area (Å²) >= 11 is 5.39. The molecule has 1 amide bonds. The van der Waals surface area contributed by atoms with Crippen LogP contribution in [0.4, 0.5) is 17.3 Å². The molecular formula is C19H23ClN8O7. The van der Waals surface area contributed by atoms with Crippen molar-refractivity contribution >= 4 is 46.0 Å². The van der Waals surface area contributed by atoms with Crippen LogP contribution in [0.5, 0.6) is 0 Å².